The van der Waals surface area contributed by atoms with Crippen molar-refractivity contribution in [2.75, 3.05) is 14.2 Å². The first-order valence-corrected chi connectivity index (χ1v) is 5.03. The van der Waals surface area contributed by atoms with Gasteiger partial charge in [-0.1, -0.05) is 29.3 Å². The molecule has 1 rings (SSSR count). The van der Waals surface area contributed by atoms with Crippen LogP contribution in [0.15, 0.2) is 18.2 Å². The summed E-state index contributed by atoms with van der Waals surface area (Å²) in [6, 6.07) is 5.15. The minimum Gasteiger partial charge on any atom is -0.453 e. The Morgan fingerprint density at radius 1 is 1.47 bits per heavy atom. The van der Waals surface area contributed by atoms with Crippen molar-refractivity contribution in [3.05, 3.63) is 33.8 Å². The highest BCUT2D eigenvalue weighted by Crippen LogP contribution is 2.21. The fourth-order valence-electron chi connectivity index (χ4n) is 1.13. The maximum atomic E-state index is 11.1. The molecule has 0 N–H and O–H groups in total. The van der Waals surface area contributed by atoms with Gasteiger partial charge in [-0.2, -0.15) is 0 Å². The van der Waals surface area contributed by atoms with Gasteiger partial charge in [-0.3, -0.25) is 0 Å². The van der Waals surface area contributed by atoms with Gasteiger partial charge in [0, 0.05) is 17.1 Å². The van der Waals surface area contributed by atoms with E-state index in [2.05, 4.69) is 4.74 Å². The van der Waals surface area contributed by atoms with E-state index >= 15 is 0 Å². The van der Waals surface area contributed by atoms with Crippen LogP contribution in [0.5, 0.6) is 0 Å². The number of amides is 1. The number of hydrogen-bond donors (Lipinski definition) is 0. The average molecular weight is 248 g/mol. The molecule has 3 nitrogen and oxygen atoms in total. The third-order valence-corrected chi connectivity index (χ3v) is 2.50. The molecule has 1 amide bonds. The molecule has 15 heavy (non-hydrogen) atoms. The summed E-state index contributed by atoms with van der Waals surface area (Å²) in [7, 11) is 2.97. The average Bonchev–Trinajstić information content (AvgIpc) is 2.20. The third kappa shape index (κ3) is 3.29. The maximum absolute atomic E-state index is 11.1. The first-order valence-electron chi connectivity index (χ1n) is 4.27. The Balaban J connectivity index is 2.76. The Hall–Kier alpha value is -0.930. The third-order valence-electron chi connectivity index (χ3n) is 1.91. The molecule has 0 saturated carbocycles. The number of carbonyl (C=O) groups is 1. The summed E-state index contributed by atoms with van der Waals surface area (Å²) in [6.07, 6.45) is -0.402. The van der Waals surface area contributed by atoms with Crippen molar-refractivity contribution in [1.82, 2.24) is 4.90 Å². The first kappa shape index (κ1) is 12.1. The fourth-order valence-corrected chi connectivity index (χ4v) is 1.59. The second-order valence-electron chi connectivity index (χ2n) is 3.06. The second-order valence-corrected chi connectivity index (χ2v) is 3.91. The van der Waals surface area contributed by atoms with Crippen LogP contribution in [0.4, 0.5) is 4.79 Å². The van der Waals surface area contributed by atoms with E-state index in [-0.39, 0.29) is 0 Å². The number of methoxy groups -OCH3 is 1. The number of benzene rings is 1. The van der Waals surface area contributed by atoms with Gasteiger partial charge in [-0.05, 0) is 17.7 Å². The van der Waals surface area contributed by atoms with Crippen LogP contribution < -0.4 is 0 Å². The van der Waals surface area contributed by atoms with E-state index in [0.29, 0.717) is 16.6 Å². The molecule has 0 aliphatic rings. The van der Waals surface area contributed by atoms with Gasteiger partial charge in [-0.25, -0.2) is 4.79 Å². The molecule has 1 aromatic rings. The SMILES string of the molecule is COC(=O)N(C)Cc1ccc(Cl)cc1Cl. The predicted octanol–water partition coefficient (Wildman–Crippen LogP) is 3.19. The number of rotatable bonds is 2. The van der Waals surface area contributed by atoms with E-state index in [0.717, 1.165) is 5.56 Å². The molecular formula is C10H11Cl2NO2. The molecule has 0 saturated heterocycles. The fraction of sp³-hybridized carbons (Fsp3) is 0.300. The van der Waals surface area contributed by atoms with E-state index in [9.17, 15) is 4.79 Å². The molecule has 0 fully saturated rings. The lowest BCUT2D eigenvalue weighted by molar-refractivity contribution is 0.131. The van der Waals surface area contributed by atoms with Gasteiger partial charge >= 0.3 is 6.09 Å². The minimum atomic E-state index is -0.402. The molecule has 0 spiro atoms. The van der Waals surface area contributed by atoms with Crippen molar-refractivity contribution in [3.63, 3.8) is 0 Å². The summed E-state index contributed by atoms with van der Waals surface area (Å²) >= 11 is 11.7. The minimum absolute atomic E-state index is 0.392. The van der Waals surface area contributed by atoms with Crippen LogP contribution in [-0.2, 0) is 11.3 Å². The maximum Gasteiger partial charge on any atom is 0.409 e. The molecule has 0 radical (unpaired) electrons. The van der Waals surface area contributed by atoms with Crippen molar-refractivity contribution in [2.24, 2.45) is 0 Å². The van der Waals surface area contributed by atoms with Crippen LogP contribution in [0.2, 0.25) is 10.0 Å². The largest absolute Gasteiger partial charge is 0.453 e. The van der Waals surface area contributed by atoms with Crippen molar-refractivity contribution >= 4 is 29.3 Å². The quantitative estimate of drug-likeness (QED) is 0.804. The topological polar surface area (TPSA) is 29.5 Å². The lowest BCUT2D eigenvalue weighted by Crippen LogP contribution is -2.25. The first-order chi connectivity index (χ1) is 7.04. The van der Waals surface area contributed by atoms with E-state index in [1.165, 1.54) is 12.0 Å². The Morgan fingerprint density at radius 2 is 2.13 bits per heavy atom. The molecule has 1 aromatic carbocycles. The van der Waals surface area contributed by atoms with Crippen LogP contribution >= 0.6 is 23.2 Å². The molecule has 0 atom stereocenters. The molecule has 0 aliphatic heterocycles. The summed E-state index contributed by atoms with van der Waals surface area (Å²) in [5.74, 6) is 0. The zero-order valence-corrected chi connectivity index (χ0v) is 9.97. The van der Waals surface area contributed by atoms with Crippen LogP contribution in [-0.4, -0.2) is 25.2 Å². The van der Waals surface area contributed by atoms with Crippen molar-refractivity contribution < 1.29 is 9.53 Å². The van der Waals surface area contributed by atoms with Gasteiger partial charge in [0.1, 0.15) is 0 Å². The molecule has 0 aromatic heterocycles. The van der Waals surface area contributed by atoms with Crippen molar-refractivity contribution in [1.29, 1.82) is 0 Å². The van der Waals surface area contributed by atoms with Crippen molar-refractivity contribution in [3.8, 4) is 0 Å². The highest BCUT2D eigenvalue weighted by Gasteiger charge is 2.10. The zero-order chi connectivity index (χ0) is 11.4. The predicted molar refractivity (Wildman–Crippen MR) is 60.3 cm³/mol. The molecule has 82 valence electrons. The van der Waals surface area contributed by atoms with Crippen LogP contribution in [0, 0.1) is 0 Å². The molecular weight excluding hydrogens is 237 g/mol. The van der Waals surface area contributed by atoms with E-state index in [1.54, 1.807) is 25.2 Å². The van der Waals surface area contributed by atoms with Crippen LogP contribution in [0.1, 0.15) is 5.56 Å². The standard InChI is InChI=1S/C10H11Cl2NO2/c1-13(10(14)15-2)6-7-3-4-8(11)5-9(7)12/h3-5H,6H2,1-2H3. The molecule has 0 bridgehead atoms. The van der Waals surface area contributed by atoms with Gasteiger partial charge < -0.3 is 9.64 Å². The van der Waals surface area contributed by atoms with Crippen LogP contribution in [0.3, 0.4) is 0 Å². The molecule has 5 heteroatoms. The number of halogens is 2. The van der Waals surface area contributed by atoms with Gasteiger partial charge in [0.15, 0.2) is 0 Å². The van der Waals surface area contributed by atoms with Crippen molar-refractivity contribution in [2.45, 2.75) is 6.54 Å². The second kappa shape index (κ2) is 5.24. The summed E-state index contributed by atoms with van der Waals surface area (Å²) in [6.45, 7) is 0.392. The summed E-state index contributed by atoms with van der Waals surface area (Å²) < 4.78 is 4.57. The highest BCUT2D eigenvalue weighted by atomic mass is 35.5. The van der Waals surface area contributed by atoms with Crippen LogP contribution in [0.25, 0.3) is 0 Å². The Morgan fingerprint density at radius 3 is 2.67 bits per heavy atom. The normalized spacial score (nSPS) is 9.87. The molecule has 0 unspecified atom stereocenters. The monoisotopic (exact) mass is 247 g/mol. The lowest BCUT2D eigenvalue weighted by atomic mass is 10.2. The number of nitrogens with zero attached hydrogens (tertiary/aromatic N) is 1. The highest BCUT2D eigenvalue weighted by molar-refractivity contribution is 6.35. The van der Waals surface area contributed by atoms with Gasteiger partial charge in [0.05, 0.1) is 13.7 Å². The Bertz CT molecular complexity index is 368. The summed E-state index contributed by atoms with van der Waals surface area (Å²) in [4.78, 5) is 12.6. The number of ether oxygens (including phenoxy) is 1. The van der Waals surface area contributed by atoms with Gasteiger partial charge in [-0.15, -0.1) is 0 Å². The number of carbonyl (C=O) groups excluding carboxylic acids is 1. The van der Waals surface area contributed by atoms with Gasteiger partial charge in [0.25, 0.3) is 0 Å². The van der Waals surface area contributed by atoms with E-state index in [1.807, 2.05) is 0 Å². The van der Waals surface area contributed by atoms with E-state index in [4.69, 9.17) is 23.2 Å². The smallest absolute Gasteiger partial charge is 0.409 e. The summed E-state index contributed by atoms with van der Waals surface area (Å²) in [5.41, 5.74) is 0.828. The number of hydrogen-bond acceptors (Lipinski definition) is 2. The molecule has 0 heterocycles. The Labute approximate surface area is 98.5 Å². The van der Waals surface area contributed by atoms with E-state index < -0.39 is 6.09 Å². The molecule has 0 aliphatic carbocycles. The summed E-state index contributed by atoms with van der Waals surface area (Å²) in [5, 5.41) is 1.11. The lowest BCUT2D eigenvalue weighted by Gasteiger charge is -2.16. The Kier molecular flexibility index (Phi) is 4.24. The van der Waals surface area contributed by atoms with Gasteiger partial charge in [0.2, 0.25) is 0 Å². The zero-order valence-electron chi connectivity index (χ0n) is 8.46.